The van der Waals surface area contributed by atoms with Crippen LogP contribution in [0.4, 0.5) is 8.78 Å². The van der Waals surface area contributed by atoms with E-state index in [1.807, 2.05) is 6.08 Å². The van der Waals surface area contributed by atoms with Gasteiger partial charge >= 0.3 is 0 Å². The molecule has 1 aliphatic carbocycles. The molecule has 1 aromatic rings. The predicted molar refractivity (Wildman–Crippen MR) is 83.5 cm³/mol. The second-order valence-corrected chi connectivity index (χ2v) is 5.23. The van der Waals surface area contributed by atoms with Crippen molar-refractivity contribution in [2.45, 2.75) is 44.9 Å². The summed E-state index contributed by atoms with van der Waals surface area (Å²) in [4.78, 5) is 0. The normalized spacial score (nSPS) is 20.2. The molecule has 22 heavy (non-hydrogen) atoms. The molecular formula is C18H25F2OY-. The molecule has 0 aromatic heterocycles. The van der Waals surface area contributed by atoms with Crippen LogP contribution in [0.3, 0.4) is 0 Å². The largest absolute Gasteiger partial charge is 0.494 e. The van der Waals surface area contributed by atoms with E-state index in [9.17, 15) is 8.78 Å². The molecule has 1 fully saturated rings. The number of allylic oxidation sites excluding steroid dienone is 1. The zero-order chi connectivity index (χ0) is 15.8. The van der Waals surface area contributed by atoms with E-state index in [1.165, 1.54) is 13.2 Å². The van der Waals surface area contributed by atoms with Gasteiger partial charge in [0.1, 0.15) is 0 Å². The smallest absolute Gasteiger partial charge is 0.200 e. The van der Waals surface area contributed by atoms with Crippen LogP contribution in [0.1, 0.15) is 50.5 Å². The van der Waals surface area contributed by atoms with E-state index in [4.69, 9.17) is 4.74 Å². The summed E-state index contributed by atoms with van der Waals surface area (Å²) in [5, 5.41) is 0. The van der Waals surface area contributed by atoms with Gasteiger partial charge in [-0.05, 0) is 55.6 Å². The number of benzene rings is 1. The van der Waals surface area contributed by atoms with Gasteiger partial charge in [-0.25, -0.2) is 4.39 Å². The monoisotopic (exact) mass is 384 g/mol. The molecule has 1 nitrogen and oxygen atoms in total. The maximum absolute atomic E-state index is 14.0. The molecule has 0 heterocycles. The van der Waals surface area contributed by atoms with Crippen molar-refractivity contribution < 1.29 is 46.2 Å². The number of halogens is 2. The molecule has 1 aliphatic rings. The van der Waals surface area contributed by atoms with Crippen molar-refractivity contribution in [3.05, 3.63) is 48.9 Å². The summed E-state index contributed by atoms with van der Waals surface area (Å²) < 4.78 is 32.5. The molecule has 1 saturated carbocycles. The minimum atomic E-state index is -0.867. The fourth-order valence-electron chi connectivity index (χ4n) is 2.96. The minimum Gasteiger partial charge on any atom is -0.494 e. The summed E-state index contributed by atoms with van der Waals surface area (Å²) in [6.45, 7) is 8.75. The molecule has 0 bridgehead atoms. The molecule has 4 heteroatoms. The van der Waals surface area contributed by atoms with Gasteiger partial charge in [0, 0.05) is 32.7 Å². The van der Waals surface area contributed by atoms with Gasteiger partial charge in [-0.15, -0.1) is 6.58 Å². The average Bonchev–Trinajstić information content (AvgIpc) is 2.53. The standard InChI is InChI=1S/C16H20F2O.C2H5.Y/c1-3-4-11-5-7-12(8-6-11)13-9-10-14(19-2)16(18)15(13)17;1-2;/h3,9-12H,1,4-8H2,2H3;1H2,2H3;/q;-1;. The Bertz CT molecular complexity index is 455. The van der Waals surface area contributed by atoms with Crippen LogP contribution in [-0.2, 0) is 32.7 Å². The Morgan fingerprint density at radius 3 is 2.27 bits per heavy atom. The van der Waals surface area contributed by atoms with Crippen LogP contribution in [-0.4, -0.2) is 7.11 Å². The summed E-state index contributed by atoms with van der Waals surface area (Å²) in [6.07, 6.45) is 6.92. The molecule has 0 amide bonds. The Kier molecular flexibility index (Phi) is 11.1. The van der Waals surface area contributed by atoms with E-state index < -0.39 is 11.6 Å². The summed E-state index contributed by atoms with van der Waals surface area (Å²) in [5.41, 5.74) is 0.496. The summed E-state index contributed by atoms with van der Waals surface area (Å²) in [5.74, 6) is -0.859. The molecule has 1 aromatic carbocycles. The maximum Gasteiger partial charge on any atom is 0.200 e. The number of methoxy groups -OCH3 is 1. The summed E-state index contributed by atoms with van der Waals surface area (Å²) >= 11 is 0. The van der Waals surface area contributed by atoms with Crippen LogP contribution in [0, 0.1) is 24.5 Å². The van der Waals surface area contributed by atoms with Crippen LogP contribution >= 0.6 is 0 Å². The third-order valence-electron chi connectivity index (χ3n) is 4.08. The average molecular weight is 384 g/mol. The van der Waals surface area contributed by atoms with Crippen LogP contribution in [0.15, 0.2) is 24.8 Å². The van der Waals surface area contributed by atoms with Gasteiger partial charge in [-0.3, -0.25) is 0 Å². The topological polar surface area (TPSA) is 9.23 Å². The molecule has 0 saturated heterocycles. The number of hydrogen-bond donors (Lipinski definition) is 0. The first-order valence-electron chi connectivity index (χ1n) is 7.50. The van der Waals surface area contributed by atoms with Crippen LogP contribution in [0.2, 0.25) is 0 Å². The second kappa shape index (κ2) is 11.3. The zero-order valence-corrected chi connectivity index (χ0v) is 16.4. The third-order valence-corrected chi connectivity index (χ3v) is 4.08. The van der Waals surface area contributed by atoms with Crippen molar-refractivity contribution in [1.82, 2.24) is 0 Å². The SMILES string of the molecule is C=CCC1CCC(c2ccc(OC)c(F)c2F)CC1.[CH2-]C.[Y]. The van der Waals surface area contributed by atoms with Gasteiger partial charge in [0.15, 0.2) is 11.6 Å². The van der Waals surface area contributed by atoms with Gasteiger partial charge in [0.2, 0.25) is 5.82 Å². The second-order valence-electron chi connectivity index (χ2n) is 5.23. The molecule has 121 valence electrons. The zero-order valence-electron chi connectivity index (χ0n) is 13.6. The van der Waals surface area contributed by atoms with Gasteiger partial charge < -0.3 is 11.7 Å². The quantitative estimate of drug-likeness (QED) is 0.481. The Morgan fingerprint density at radius 1 is 1.18 bits per heavy atom. The molecular weight excluding hydrogens is 359 g/mol. The molecule has 0 unspecified atom stereocenters. The Morgan fingerprint density at radius 2 is 1.77 bits per heavy atom. The molecule has 0 spiro atoms. The fraction of sp³-hybridized carbons (Fsp3) is 0.500. The van der Waals surface area contributed by atoms with Gasteiger partial charge in [-0.2, -0.15) is 11.3 Å². The molecule has 0 N–H and O–H groups in total. The van der Waals surface area contributed by atoms with Crippen molar-refractivity contribution in [3.8, 4) is 5.75 Å². The Labute approximate surface area is 158 Å². The maximum atomic E-state index is 14.0. The van der Waals surface area contributed by atoms with Crippen molar-refractivity contribution in [2.24, 2.45) is 5.92 Å². The summed E-state index contributed by atoms with van der Waals surface area (Å²) in [6, 6.07) is 3.18. The van der Waals surface area contributed by atoms with Crippen molar-refractivity contribution >= 4 is 0 Å². The van der Waals surface area contributed by atoms with E-state index >= 15 is 0 Å². The number of ether oxygens (including phenoxy) is 1. The predicted octanol–water partition coefficient (Wildman–Crippen LogP) is 5.66. The molecule has 0 aliphatic heterocycles. The van der Waals surface area contributed by atoms with Crippen LogP contribution < -0.4 is 4.74 Å². The van der Waals surface area contributed by atoms with Crippen molar-refractivity contribution in [2.75, 3.05) is 7.11 Å². The number of hydrogen-bond acceptors (Lipinski definition) is 1. The van der Waals surface area contributed by atoms with Crippen LogP contribution in [0.25, 0.3) is 0 Å². The number of rotatable bonds is 4. The van der Waals surface area contributed by atoms with Gasteiger partial charge in [-0.1, -0.05) is 12.1 Å². The molecule has 2 rings (SSSR count). The first-order valence-corrected chi connectivity index (χ1v) is 7.50. The van der Waals surface area contributed by atoms with Crippen LogP contribution in [0.5, 0.6) is 5.75 Å². The van der Waals surface area contributed by atoms with E-state index in [1.54, 1.807) is 13.0 Å². The van der Waals surface area contributed by atoms with E-state index in [-0.39, 0.29) is 44.4 Å². The van der Waals surface area contributed by atoms with E-state index in [0.29, 0.717) is 11.5 Å². The van der Waals surface area contributed by atoms with E-state index in [0.717, 1.165) is 32.1 Å². The molecule has 1 radical (unpaired) electrons. The third kappa shape index (κ3) is 5.42. The fourth-order valence-corrected chi connectivity index (χ4v) is 2.96. The Balaban J connectivity index is 0.00000141. The summed E-state index contributed by atoms with van der Waals surface area (Å²) in [7, 11) is 1.35. The van der Waals surface area contributed by atoms with Crippen molar-refractivity contribution in [3.63, 3.8) is 0 Å². The Hall–Kier alpha value is -0.276. The van der Waals surface area contributed by atoms with Crippen molar-refractivity contribution in [1.29, 1.82) is 0 Å². The van der Waals surface area contributed by atoms with E-state index in [2.05, 4.69) is 13.5 Å². The van der Waals surface area contributed by atoms with Gasteiger partial charge in [0.25, 0.3) is 0 Å². The minimum absolute atomic E-state index is 0. The first kappa shape index (κ1) is 21.7. The van der Waals surface area contributed by atoms with Gasteiger partial charge in [0.05, 0.1) is 7.11 Å². The first-order chi connectivity index (χ1) is 10.2. The molecule has 0 atom stereocenters.